The molecule has 0 atom stereocenters. The van der Waals surface area contributed by atoms with Crippen molar-refractivity contribution >= 4 is 5.82 Å². The molecular weight excluding hydrogens is 311 g/mol. The van der Waals surface area contributed by atoms with Gasteiger partial charge in [0.15, 0.2) is 0 Å². The molecule has 3 rings (SSSR count). The quantitative estimate of drug-likeness (QED) is 0.802. The lowest BCUT2D eigenvalue weighted by atomic mass is 10.2. The van der Waals surface area contributed by atoms with Crippen LogP contribution in [0, 0.1) is 0 Å². The third-order valence-electron chi connectivity index (χ3n) is 2.89. The van der Waals surface area contributed by atoms with Gasteiger partial charge < -0.3 is 15.0 Å². The molecule has 9 heteroatoms. The van der Waals surface area contributed by atoms with Gasteiger partial charge in [-0.25, -0.2) is 15.0 Å². The average Bonchev–Trinajstić information content (AvgIpc) is 2.94. The van der Waals surface area contributed by atoms with Crippen molar-refractivity contribution in [1.29, 1.82) is 0 Å². The molecule has 3 heterocycles. The number of anilines is 1. The monoisotopic (exact) mass is 321 g/mol. The first-order valence-corrected chi connectivity index (χ1v) is 6.39. The van der Waals surface area contributed by atoms with Crippen molar-refractivity contribution in [3.05, 3.63) is 54.7 Å². The van der Waals surface area contributed by atoms with Crippen LogP contribution >= 0.6 is 0 Å². The number of hydrogen-bond acceptors (Lipinski definition) is 5. The summed E-state index contributed by atoms with van der Waals surface area (Å²) in [5.74, 6) is 0.291. The Labute approximate surface area is 128 Å². The Balaban J connectivity index is 1.79. The summed E-state index contributed by atoms with van der Waals surface area (Å²) in [6.07, 6.45) is 1.16. The van der Waals surface area contributed by atoms with Crippen LogP contribution in [0.1, 0.15) is 5.56 Å². The standard InChI is InChI=1S/C14H10F3N5O/c15-14(16,17)9-3-4-19-13(5-9)23-12-2-1-10(6-20-12)22-7-11(18)21-8-22/h1-8H,18H2. The molecule has 118 valence electrons. The average molecular weight is 321 g/mol. The fourth-order valence-electron chi connectivity index (χ4n) is 1.81. The fraction of sp³-hybridized carbons (Fsp3) is 0.0714. The maximum Gasteiger partial charge on any atom is 0.416 e. The molecule has 0 amide bonds. The Morgan fingerprint density at radius 1 is 1.04 bits per heavy atom. The van der Waals surface area contributed by atoms with E-state index in [1.54, 1.807) is 16.8 Å². The van der Waals surface area contributed by atoms with Gasteiger partial charge in [0.05, 0.1) is 23.6 Å². The van der Waals surface area contributed by atoms with Gasteiger partial charge in [0.2, 0.25) is 11.8 Å². The molecule has 0 saturated carbocycles. The van der Waals surface area contributed by atoms with E-state index < -0.39 is 11.7 Å². The maximum atomic E-state index is 12.6. The SMILES string of the molecule is Nc1cn(-c2ccc(Oc3cc(C(F)(F)F)ccn3)nc2)cn1. The summed E-state index contributed by atoms with van der Waals surface area (Å²) in [6, 6.07) is 4.85. The van der Waals surface area contributed by atoms with Gasteiger partial charge in [-0.2, -0.15) is 13.2 Å². The predicted molar refractivity (Wildman–Crippen MR) is 75.1 cm³/mol. The number of rotatable bonds is 3. The lowest BCUT2D eigenvalue weighted by Crippen LogP contribution is -2.05. The lowest BCUT2D eigenvalue weighted by Gasteiger charge is -2.09. The van der Waals surface area contributed by atoms with Crippen molar-refractivity contribution in [3.63, 3.8) is 0 Å². The highest BCUT2D eigenvalue weighted by Crippen LogP contribution is 2.31. The number of hydrogen-bond donors (Lipinski definition) is 1. The summed E-state index contributed by atoms with van der Waals surface area (Å²) in [7, 11) is 0. The van der Waals surface area contributed by atoms with Crippen LogP contribution < -0.4 is 10.5 Å². The summed E-state index contributed by atoms with van der Waals surface area (Å²) < 4.78 is 44.8. The molecule has 0 aliphatic heterocycles. The second-order valence-electron chi connectivity index (χ2n) is 4.54. The van der Waals surface area contributed by atoms with E-state index in [2.05, 4.69) is 15.0 Å². The minimum absolute atomic E-state index is 0.119. The van der Waals surface area contributed by atoms with Gasteiger partial charge in [-0.3, -0.25) is 0 Å². The number of halogens is 3. The van der Waals surface area contributed by atoms with E-state index in [4.69, 9.17) is 10.5 Å². The number of ether oxygens (including phenoxy) is 1. The number of pyridine rings is 2. The zero-order valence-electron chi connectivity index (χ0n) is 11.5. The number of alkyl halides is 3. The van der Waals surface area contributed by atoms with E-state index in [1.165, 1.54) is 18.6 Å². The van der Waals surface area contributed by atoms with E-state index in [9.17, 15) is 13.2 Å². The molecule has 3 aromatic heterocycles. The highest BCUT2D eigenvalue weighted by molar-refractivity contribution is 5.36. The third-order valence-corrected chi connectivity index (χ3v) is 2.89. The predicted octanol–water partition coefficient (Wildman–Crippen LogP) is 3.06. The van der Waals surface area contributed by atoms with Crippen molar-refractivity contribution in [3.8, 4) is 17.4 Å². The number of imidazole rings is 1. The summed E-state index contributed by atoms with van der Waals surface area (Å²) >= 11 is 0. The second-order valence-corrected chi connectivity index (χ2v) is 4.54. The molecule has 0 radical (unpaired) electrons. The molecule has 6 nitrogen and oxygen atoms in total. The van der Waals surface area contributed by atoms with Gasteiger partial charge in [0, 0.05) is 18.3 Å². The van der Waals surface area contributed by atoms with Crippen molar-refractivity contribution in [2.45, 2.75) is 6.18 Å². The van der Waals surface area contributed by atoms with Crippen LogP contribution in [0.15, 0.2) is 49.2 Å². The molecule has 0 unspecified atom stereocenters. The third kappa shape index (κ3) is 3.39. The lowest BCUT2D eigenvalue weighted by molar-refractivity contribution is -0.137. The smallest absolute Gasteiger partial charge is 0.416 e. The number of nitrogen functional groups attached to an aromatic ring is 1. The van der Waals surface area contributed by atoms with Crippen LogP contribution in [0.5, 0.6) is 11.8 Å². The number of nitrogens with two attached hydrogens (primary N) is 1. The van der Waals surface area contributed by atoms with Crippen LogP contribution in [-0.2, 0) is 6.18 Å². The van der Waals surface area contributed by atoms with Crippen molar-refractivity contribution < 1.29 is 17.9 Å². The molecule has 0 aromatic carbocycles. The molecule has 0 bridgehead atoms. The first-order chi connectivity index (χ1) is 10.9. The van der Waals surface area contributed by atoms with E-state index in [0.29, 0.717) is 11.5 Å². The largest absolute Gasteiger partial charge is 0.421 e. The Hall–Kier alpha value is -3.10. The van der Waals surface area contributed by atoms with E-state index in [0.717, 1.165) is 18.3 Å². The van der Waals surface area contributed by atoms with Crippen LogP contribution in [0.2, 0.25) is 0 Å². The molecular formula is C14H10F3N5O. The molecule has 0 spiro atoms. The summed E-state index contributed by atoms with van der Waals surface area (Å²) in [5.41, 5.74) is 5.36. The molecule has 3 aromatic rings. The van der Waals surface area contributed by atoms with E-state index >= 15 is 0 Å². The highest BCUT2D eigenvalue weighted by atomic mass is 19.4. The van der Waals surface area contributed by atoms with Crippen molar-refractivity contribution in [2.24, 2.45) is 0 Å². The van der Waals surface area contributed by atoms with Gasteiger partial charge in [-0.15, -0.1) is 0 Å². The van der Waals surface area contributed by atoms with Gasteiger partial charge in [-0.05, 0) is 12.1 Å². The molecule has 0 saturated heterocycles. The van der Waals surface area contributed by atoms with E-state index in [-0.39, 0.29) is 11.8 Å². The fourth-order valence-corrected chi connectivity index (χ4v) is 1.81. The van der Waals surface area contributed by atoms with Gasteiger partial charge >= 0.3 is 6.18 Å². The van der Waals surface area contributed by atoms with Gasteiger partial charge in [0.1, 0.15) is 12.1 Å². The Bertz CT molecular complexity index is 814. The zero-order valence-corrected chi connectivity index (χ0v) is 11.5. The highest BCUT2D eigenvalue weighted by Gasteiger charge is 2.31. The van der Waals surface area contributed by atoms with Gasteiger partial charge in [-0.1, -0.05) is 0 Å². The zero-order chi connectivity index (χ0) is 16.4. The van der Waals surface area contributed by atoms with Crippen LogP contribution in [0.4, 0.5) is 19.0 Å². The van der Waals surface area contributed by atoms with Crippen LogP contribution in [0.25, 0.3) is 5.69 Å². The second kappa shape index (κ2) is 5.59. The minimum Gasteiger partial charge on any atom is -0.421 e. The van der Waals surface area contributed by atoms with Crippen LogP contribution in [0.3, 0.4) is 0 Å². The summed E-state index contributed by atoms with van der Waals surface area (Å²) in [5, 5.41) is 0. The summed E-state index contributed by atoms with van der Waals surface area (Å²) in [4.78, 5) is 11.6. The Morgan fingerprint density at radius 2 is 1.87 bits per heavy atom. The molecule has 23 heavy (non-hydrogen) atoms. The molecule has 0 aliphatic rings. The molecule has 0 aliphatic carbocycles. The van der Waals surface area contributed by atoms with E-state index in [1.807, 2.05) is 0 Å². The topological polar surface area (TPSA) is 78.9 Å². The Kier molecular flexibility index (Phi) is 3.61. The summed E-state index contributed by atoms with van der Waals surface area (Å²) in [6.45, 7) is 0. The molecule has 0 fully saturated rings. The van der Waals surface area contributed by atoms with Crippen molar-refractivity contribution in [1.82, 2.24) is 19.5 Å². The van der Waals surface area contributed by atoms with Crippen molar-refractivity contribution in [2.75, 3.05) is 5.73 Å². The Morgan fingerprint density at radius 3 is 2.48 bits per heavy atom. The first kappa shape index (κ1) is 14.8. The van der Waals surface area contributed by atoms with Gasteiger partial charge in [0.25, 0.3) is 0 Å². The normalized spacial score (nSPS) is 11.4. The minimum atomic E-state index is -4.46. The maximum absolute atomic E-state index is 12.6. The number of aromatic nitrogens is 4. The number of nitrogens with zero attached hydrogens (tertiary/aromatic N) is 4. The molecule has 2 N–H and O–H groups in total. The first-order valence-electron chi connectivity index (χ1n) is 6.39. The van der Waals surface area contributed by atoms with Crippen LogP contribution in [-0.4, -0.2) is 19.5 Å².